The van der Waals surface area contributed by atoms with Crippen LogP contribution in [0.4, 0.5) is 0 Å². The van der Waals surface area contributed by atoms with Gasteiger partial charge in [-0.1, -0.05) is 23.2 Å². The number of hydrogen-bond acceptors (Lipinski definition) is 3. The number of likely N-dealkylation sites (tertiary alicyclic amines) is 1. The third kappa shape index (κ3) is 4.05. The van der Waals surface area contributed by atoms with Crippen LogP contribution < -0.4 is 0 Å². The van der Waals surface area contributed by atoms with Crippen LogP contribution in [-0.4, -0.2) is 43.2 Å². The first-order valence-electron chi connectivity index (χ1n) is 9.69. The molecule has 152 valence electrons. The Hall–Kier alpha value is -2.31. The second kappa shape index (κ2) is 8.20. The highest BCUT2D eigenvalue weighted by atomic mass is 35.5. The van der Waals surface area contributed by atoms with Gasteiger partial charge in [-0.05, 0) is 44.9 Å². The fourth-order valence-corrected chi connectivity index (χ4v) is 4.25. The summed E-state index contributed by atoms with van der Waals surface area (Å²) in [4.78, 5) is 19.0. The van der Waals surface area contributed by atoms with Gasteiger partial charge >= 0.3 is 0 Å². The van der Waals surface area contributed by atoms with Gasteiger partial charge in [0.05, 0.1) is 34.2 Å². The minimum absolute atomic E-state index is 0.147. The maximum atomic E-state index is 12.9. The van der Waals surface area contributed by atoms with E-state index in [0.717, 1.165) is 48.6 Å². The van der Waals surface area contributed by atoms with Crippen molar-refractivity contribution in [3.63, 3.8) is 0 Å². The van der Waals surface area contributed by atoms with E-state index >= 15 is 0 Å². The van der Waals surface area contributed by atoms with E-state index in [0.29, 0.717) is 22.5 Å². The summed E-state index contributed by atoms with van der Waals surface area (Å²) < 4.78 is 3.96. The van der Waals surface area contributed by atoms with E-state index in [4.69, 9.17) is 23.2 Å². The maximum absolute atomic E-state index is 12.9. The summed E-state index contributed by atoms with van der Waals surface area (Å²) in [5.41, 5.74) is 3.61. The quantitative estimate of drug-likeness (QED) is 0.614. The van der Waals surface area contributed by atoms with Crippen LogP contribution >= 0.6 is 23.2 Å². The number of aryl methyl sites for hydroxylation is 1. The molecule has 2 aromatic heterocycles. The molecular formula is C21H23Cl2N5O. The lowest BCUT2D eigenvalue weighted by molar-refractivity contribution is -0.131. The standard InChI is InChI=1S/C21H23Cl2N5O/c1-14-18(15(2)28(25-14)17-3-4-19(22)20(23)11-17)12-21(29)26-8-5-16(6-9-26)27-10-7-24-13-27/h3-4,7,10-11,13,16H,5-6,8-9,12H2,1-2H3. The Balaban J connectivity index is 1.46. The number of amides is 1. The molecule has 3 aromatic rings. The lowest BCUT2D eigenvalue weighted by Crippen LogP contribution is -2.39. The molecule has 4 rings (SSSR count). The van der Waals surface area contributed by atoms with Crippen molar-refractivity contribution in [1.82, 2.24) is 24.2 Å². The normalized spacial score (nSPS) is 15.1. The lowest BCUT2D eigenvalue weighted by atomic mass is 10.0. The molecule has 0 atom stereocenters. The van der Waals surface area contributed by atoms with Gasteiger partial charge in [-0.3, -0.25) is 4.79 Å². The summed E-state index contributed by atoms with van der Waals surface area (Å²) in [6, 6.07) is 5.84. The van der Waals surface area contributed by atoms with Gasteiger partial charge in [0.2, 0.25) is 5.91 Å². The summed E-state index contributed by atoms with van der Waals surface area (Å²) in [7, 11) is 0. The minimum Gasteiger partial charge on any atom is -0.342 e. The van der Waals surface area contributed by atoms with E-state index in [-0.39, 0.29) is 5.91 Å². The number of carbonyl (C=O) groups excluding carboxylic acids is 1. The van der Waals surface area contributed by atoms with Gasteiger partial charge < -0.3 is 9.47 Å². The minimum atomic E-state index is 0.147. The first-order chi connectivity index (χ1) is 13.9. The van der Waals surface area contributed by atoms with E-state index in [9.17, 15) is 4.79 Å². The molecule has 0 unspecified atom stereocenters. The number of nitrogens with zero attached hydrogens (tertiary/aromatic N) is 5. The molecule has 0 N–H and O–H groups in total. The number of carbonyl (C=O) groups is 1. The van der Waals surface area contributed by atoms with E-state index in [1.54, 1.807) is 18.3 Å². The van der Waals surface area contributed by atoms with Gasteiger partial charge in [0, 0.05) is 42.8 Å². The van der Waals surface area contributed by atoms with Gasteiger partial charge in [-0.15, -0.1) is 0 Å². The van der Waals surface area contributed by atoms with Crippen LogP contribution in [0.5, 0.6) is 0 Å². The van der Waals surface area contributed by atoms with Crippen molar-refractivity contribution in [2.75, 3.05) is 13.1 Å². The summed E-state index contributed by atoms with van der Waals surface area (Å²) in [6.07, 6.45) is 7.90. The molecule has 0 spiro atoms. The molecule has 0 saturated carbocycles. The van der Waals surface area contributed by atoms with Crippen molar-refractivity contribution in [1.29, 1.82) is 0 Å². The monoisotopic (exact) mass is 431 g/mol. The van der Waals surface area contributed by atoms with Crippen LogP contribution in [0.25, 0.3) is 5.69 Å². The first-order valence-corrected chi connectivity index (χ1v) is 10.5. The first kappa shape index (κ1) is 20.0. The Bertz CT molecular complexity index is 1020. The second-order valence-corrected chi connectivity index (χ2v) is 8.27. The third-order valence-electron chi connectivity index (χ3n) is 5.68. The summed E-state index contributed by atoms with van der Waals surface area (Å²) in [5.74, 6) is 0.147. The molecule has 1 amide bonds. The van der Waals surface area contributed by atoms with Crippen molar-refractivity contribution >= 4 is 29.1 Å². The number of benzene rings is 1. The molecule has 1 aromatic carbocycles. The number of halogens is 2. The number of piperidine rings is 1. The predicted molar refractivity (Wildman–Crippen MR) is 114 cm³/mol. The Morgan fingerprint density at radius 2 is 1.93 bits per heavy atom. The van der Waals surface area contributed by atoms with Gasteiger partial charge in [-0.2, -0.15) is 5.10 Å². The molecule has 1 saturated heterocycles. The van der Waals surface area contributed by atoms with Gasteiger partial charge in [0.25, 0.3) is 0 Å². The third-order valence-corrected chi connectivity index (χ3v) is 6.42. The predicted octanol–water partition coefficient (Wildman–Crippen LogP) is 4.40. The summed E-state index contributed by atoms with van der Waals surface area (Å²) in [6.45, 7) is 5.45. The summed E-state index contributed by atoms with van der Waals surface area (Å²) in [5, 5.41) is 5.62. The van der Waals surface area contributed by atoms with Gasteiger partial charge in [-0.25, -0.2) is 9.67 Å². The van der Waals surface area contributed by atoms with Gasteiger partial charge in [0.1, 0.15) is 0 Å². The average Bonchev–Trinajstić information content (AvgIpc) is 3.35. The number of rotatable bonds is 4. The maximum Gasteiger partial charge on any atom is 0.227 e. The molecule has 0 radical (unpaired) electrons. The number of hydrogen-bond donors (Lipinski definition) is 0. The van der Waals surface area contributed by atoms with Crippen molar-refractivity contribution in [2.24, 2.45) is 0 Å². The van der Waals surface area contributed by atoms with Crippen LogP contribution in [-0.2, 0) is 11.2 Å². The molecular weight excluding hydrogens is 409 g/mol. The summed E-state index contributed by atoms with van der Waals surface area (Å²) >= 11 is 12.2. The second-order valence-electron chi connectivity index (χ2n) is 7.46. The van der Waals surface area contributed by atoms with Gasteiger partial charge in [0.15, 0.2) is 0 Å². The highest BCUT2D eigenvalue weighted by Crippen LogP contribution is 2.27. The van der Waals surface area contributed by atoms with Crippen molar-refractivity contribution < 1.29 is 4.79 Å². The Labute approximate surface area is 180 Å². The van der Waals surface area contributed by atoms with E-state index in [2.05, 4.69) is 14.6 Å². The Kier molecular flexibility index (Phi) is 5.65. The SMILES string of the molecule is Cc1nn(-c2ccc(Cl)c(Cl)c2)c(C)c1CC(=O)N1CCC(n2ccnc2)CC1. The lowest BCUT2D eigenvalue weighted by Gasteiger charge is -2.32. The van der Waals surface area contributed by atoms with Crippen molar-refractivity contribution in [3.05, 3.63) is 63.9 Å². The van der Waals surface area contributed by atoms with Crippen LogP contribution in [0, 0.1) is 13.8 Å². The highest BCUT2D eigenvalue weighted by molar-refractivity contribution is 6.42. The van der Waals surface area contributed by atoms with Crippen molar-refractivity contribution in [3.8, 4) is 5.69 Å². The molecule has 6 nitrogen and oxygen atoms in total. The average molecular weight is 432 g/mol. The van der Waals surface area contributed by atoms with E-state index in [1.165, 1.54) is 0 Å². The van der Waals surface area contributed by atoms with E-state index in [1.807, 2.05) is 42.0 Å². The zero-order chi connectivity index (χ0) is 20.5. The molecule has 0 bridgehead atoms. The number of imidazole rings is 1. The molecule has 1 aliphatic heterocycles. The highest BCUT2D eigenvalue weighted by Gasteiger charge is 2.25. The molecule has 1 aliphatic rings. The zero-order valence-electron chi connectivity index (χ0n) is 16.5. The molecule has 29 heavy (non-hydrogen) atoms. The fraction of sp³-hybridized carbons (Fsp3) is 0.381. The van der Waals surface area contributed by atoms with E-state index < -0.39 is 0 Å². The fourth-order valence-electron chi connectivity index (χ4n) is 3.96. The Morgan fingerprint density at radius 3 is 2.59 bits per heavy atom. The van der Waals surface area contributed by atoms with Crippen LogP contribution in [0.2, 0.25) is 10.0 Å². The van der Waals surface area contributed by atoms with Crippen molar-refractivity contribution in [2.45, 2.75) is 39.2 Å². The smallest absolute Gasteiger partial charge is 0.227 e. The topological polar surface area (TPSA) is 56.0 Å². The van der Waals surface area contributed by atoms with Crippen LogP contribution in [0.1, 0.15) is 35.8 Å². The molecule has 8 heteroatoms. The zero-order valence-corrected chi connectivity index (χ0v) is 18.0. The number of aromatic nitrogens is 4. The largest absolute Gasteiger partial charge is 0.342 e. The van der Waals surface area contributed by atoms with Crippen LogP contribution in [0.3, 0.4) is 0 Å². The molecule has 3 heterocycles. The van der Waals surface area contributed by atoms with Crippen LogP contribution in [0.15, 0.2) is 36.9 Å². The Morgan fingerprint density at radius 1 is 1.17 bits per heavy atom. The molecule has 0 aliphatic carbocycles. The molecule has 1 fully saturated rings.